The molecule has 0 saturated carbocycles. The van der Waals surface area contributed by atoms with Crippen LogP contribution in [0.5, 0.6) is 0 Å². The molecule has 10 nitrogen and oxygen atoms in total. The molecule has 1 aliphatic heterocycles. The van der Waals surface area contributed by atoms with Crippen molar-refractivity contribution in [2.24, 2.45) is 0 Å². The predicted octanol–water partition coefficient (Wildman–Crippen LogP) is 10.2. The van der Waals surface area contributed by atoms with E-state index in [-0.39, 0.29) is 26.1 Å². The Hall–Kier alpha value is -2.60. The summed E-state index contributed by atoms with van der Waals surface area (Å²) < 4.78 is 22.2. The Balaban J connectivity index is 2.34. The van der Waals surface area contributed by atoms with Gasteiger partial charge in [-0.2, -0.15) is 0 Å². The largest absolute Gasteiger partial charge is 0.462 e. The van der Waals surface area contributed by atoms with Gasteiger partial charge in [0, 0.05) is 12.8 Å². The van der Waals surface area contributed by atoms with Gasteiger partial charge in [-0.25, -0.2) is 0 Å². The van der Waals surface area contributed by atoms with Crippen molar-refractivity contribution in [3.63, 3.8) is 0 Å². The van der Waals surface area contributed by atoms with E-state index in [1.807, 2.05) is 0 Å². The quantitative estimate of drug-likeness (QED) is 0.0269. The lowest BCUT2D eigenvalue weighted by atomic mass is 9.99. The van der Waals surface area contributed by atoms with Crippen molar-refractivity contribution in [2.75, 3.05) is 19.8 Å². The Morgan fingerprint density at radius 3 is 1.51 bits per heavy atom. The van der Waals surface area contributed by atoms with Crippen LogP contribution >= 0.6 is 0 Å². The third kappa shape index (κ3) is 31.0. The highest BCUT2D eigenvalue weighted by atomic mass is 16.7. The molecule has 2 unspecified atom stereocenters. The summed E-state index contributed by atoms with van der Waals surface area (Å²) in [6.45, 7) is 3.28. The third-order valence-electron chi connectivity index (χ3n) is 10.4. The smallest absolute Gasteiger partial charge is 0.306 e. The van der Waals surface area contributed by atoms with Crippen LogP contribution < -0.4 is 0 Å². The van der Waals surface area contributed by atoms with Crippen LogP contribution in [0.2, 0.25) is 0 Å². The SMILES string of the molecule is CC/C=C/C/C=C/C/C=C/C/C=C/C/C=C/CCCCCC(=O)OC[C@@H](CO[C@H]1O[C@@H](CO)[C@@H](O)C(O)C1O)OC(=O)CCCCCCCCCCCCCCCCC. The third-order valence-corrected chi connectivity index (χ3v) is 10.4. The number of rotatable bonds is 38. The molecule has 0 aliphatic carbocycles. The van der Waals surface area contributed by atoms with Crippen molar-refractivity contribution in [2.45, 2.75) is 218 Å². The molecule has 340 valence electrons. The molecular formula is C49H84O10. The number of hydrogen-bond acceptors (Lipinski definition) is 10. The maximum atomic E-state index is 12.8. The predicted molar refractivity (Wildman–Crippen MR) is 238 cm³/mol. The molecule has 1 saturated heterocycles. The summed E-state index contributed by atoms with van der Waals surface area (Å²) in [4.78, 5) is 25.4. The lowest BCUT2D eigenvalue weighted by molar-refractivity contribution is -0.305. The number of esters is 2. The lowest BCUT2D eigenvalue weighted by Crippen LogP contribution is -2.59. The summed E-state index contributed by atoms with van der Waals surface area (Å²) in [7, 11) is 0. The molecule has 1 fully saturated rings. The minimum Gasteiger partial charge on any atom is -0.462 e. The van der Waals surface area contributed by atoms with Crippen LogP contribution in [0, 0.1) is 0 Å². The number of ether oxygens (including phenoxy) is 4. The lowest BCUT2D eigenvalue weighted by Gasteiger charge is -2.39. The Bertz CT molecular complexity index is 1150. The van der Waals surface area contributed by atoms with E-state index in [0.717, 1.165) is 70.6 Å². The molecule has 0 amide bonds. The number of aliphatic hydroxyl groups excluding tert-OH is 4. The van der Waals surface area contributed by atoms with E-state index < -0.39 is 55.4 Å². The summed E-state index contributed by atoms with van der Waals surface area (Å²) in [5, 5.41) is 40.1. The van der Waals surface area contributed by atoms with Crippen LogP contribution in [0.4, 0.5) is 0 Å². The van der Waals surface area contributed by atoms with Crippen molar-refractivity contribution in [1.82, 2.24) is 0 Å². The zero-order chi connectivity index (χ0) is 43.0. The van der Waals surface area contributed by atoms with Crippen LogP contribution in [-0.2, 0) is 28.5 Å². The van der Waals surface area contributed by atoms with Crippen molar-refractivity contribution < 1.29 is 49.0 Å². The zero-order valence-electron chi connectivity index (χ0n) is 37.0. The van der Waals surface area contributed by atoms with Gasteiger partial charge in [0.2, 0.25) is 0 Å². The van der Waals surface area contributed by atoms with Gasteiger partial charge in [-0.05, 0) is 57.8 Å². The summed E-state index contributed by atoms with van der Waals surface area (Å²) >= 11 is 0. The molecule has 0 aromatic rings. The molecule has 10 heteroatoms. The molecular weight excluding hydrogens is 749 g/mol. The Labute approximate surface area is 358 Å². The van der Waals surface area contributed by atoms with Crippen molar-refractivity contribution in [3.05, 3.63) is 60.8 Å². The summed E-state index contributed by atoms with van der Waals surface area (Å²) in [6, 6.07) is 0. The van der Waals surface area contributed by atoms with Gasteiger partial charge < -0.3 is 39.4 Å². The first-order valence-electron chi connectivity index (χ1n) is 23.4. The van der Waals surface area contributed by atoms with Crippen LogP contribution in [0.1, 0.15) is 181 Å². The number of unbranched alkanes of at least 4 members (excludes halogenated alkanes) is 17. The first kappa shape index (κ1) is 54.4. The molecule has 59 heavy (non-hydrogen) atoms. The van der Waals surface area contributed by atoms with E-state index in [1.54, 1.807) is 0 Å². The van der Waals surface area contributed by atoms with Gasteiger partial charge in [0.25, 0.3) is 0 Å². The molecule has 0 bridgehead atoms. The fourth-order valence-corrected chi connectivity index (χ4v) is 6.74. The summed E-state index contributed by atoms with van der Waals surface area (Å²) in [6.07, 6.45) is 40.8. The maximum absolute atomic E-state index is 12.8. The molecule has 0 radical (unpaired) electrons. The van der Waals surface area contributed by atoms with Gasteiger partial charge in [0.15, 0.2) is 12.4 Å². The second-order valence-electron chi connectivity index (χ2n) is 15.8. The van der Waals surface area contributed by atoms with Gasteiger partial charge in [0.05, 0.1) is 13.2 Å². The van der Waals surface area contributed by atoms with Crippen molar-refractivity contribution >= 4 is 11.9 Å². The number of carbonyl (C=O) groups is 2. The summed E-state index contributed by atoms with van der Waals surface area (Å²) in [5.41, 5.74) is 0. The van der Waals surface area contributed by atoms with Gasteiger partial charge in [-0.1, -0.05) is 171 Å². The van der Waals surface area contributed by atoms with Crippen LogP contribution in [-0.4, -0.2) is 89.0 Å². The number of carbonyl (C=O) groups excluding carboxylic acids is 2. The molecule has 1 heterocycles. The van der Waals surface area contributed by atoms with Crippen molar-refractivity contribution in [3.8, 4) is 0 Å². The molecule has 1 rings (SSSR count). The average molecular weight is 833 g/mol. The fraction of sp³-hybridized carbons (Fsp3) is 0.755. The van der Waals surface area contributed by atoms with Gasteiger partial charge in [0.1, 0.15) is 31.0 Å². The van der Waals surface area contributed by atoms with Crippen LogP contribution in [0.3, 0.4) is 0 Å². The number of aliphatic hydroxyl groups is 4. The molecule has 0 aromatic carbocycles. The standard InChI is InChI=1S/C49H84O10/c1-3-5-7-9-11-13-15-17-19-20-21-22-24-25-27-29-31-33-35-37-44(51)56-40-42(41-57-49-48(55)47(54)46(53)43(39-50)59-49)58-45(52)38-36-34-32-30-28-26-23-18-16-14-12-10-8-6-4-2/h5,7,11,13,17,19,21-22,25,27,42-43,46-50,53-55H,3-4,6,8-10,12,14-16,18,20,23-24,26,28-41H2,1-2H3/b7-5+,13-11+,19-17+,22-21+,27-25+/t42-,43-,46+,47?,48?,49-/m0/s1. The highest BCUT2D eigenvalue weighted by Crippen LogP contribution is 2.22. The summed E-state index contributed by atoms with van der Waals surface area (Å²) in [5.74, 6) is -0.843. The fourth-order valence-electron chi connectivity index (χ4n) is 6.74. The minimum atomic E-state index is -1.60. The number of allylic oxidation sites excluding steroid dienone is 10. The second kappa shape index (κ2) is 39.5. The molecule has 0 spiro atoms. The van der Waals surface area contributed by atoms with E-state index in [4.69, 9.17) is 18.9 Å². The molecule has 1 aliphatic rings. The Morgan fingerprint density at radius 1 is 0.542 bits per heavy atom. The normalized spacial score (nSPS) is 20.5. The van der Waals surface area contributed by atoms with E-state index in [2.05, 4.69) is 74.6 Å². The zero-order valence-corrected chi connectivity index (χ0v) is 37.0. The van der Waals surface area contributed by atoms with Crippen LogP contribution in [0.25, 0.3) is 0 Å². The first-order valence-corrected chi connectivity index (χ1v) is 23.4. The maximum Gasteiger partial charge on any atom is 0.306 e. The van der Waals surface area contributed by atoms with E-state index in [0.29, 0.717) is 12.8 Å². The minimum absolute atomic E-state index is 0.223. The van der Waals surface area contributed by atoms with Gasteiger partial charge >= 0.3 is 11.9 Å². The Morgan fingerprint density at radius 2 is 1.00 bits per heavy atom. The van der Waals surface area contributed by atoms with Gasteiger partial charge in [-0.3, -0.25) is 9.59 Å². The van der Waals surface area contributed by atoms with Crippen LogP contribution in [0.15, 0.2) is 60.8 Å². The average Bonchev–Trinajstić information content (AvgIpc) is 3.23. The van der Waals surface area contributed by atoms with Crippen molar-refractivity contribution in [1.29, 1.82) is 0 Å². The Kier molecular flexibility index (Phi) is 36.5. The number of hydrogen-bond donors (Lipinski definition) is 4. The van der Waals surface area contributed by atoms with Gasteiger partial charge in [-0.15, -0.1) is 0 Å². The molecule has 6 atom stereocenters. The van der Waals surface area contributed by atoms with E-state index in [1.165, 1.54) is 70.6 Å². The first-order chi connectivity index (χ1) is 28.8. The highest BCUT2D eigenvalue weighted by molar-refractivity contribution is 5.70. The monoisotopic (exact) mass is 833 g/mol. The van der Waals surface area contributed by atoms with E-state index >= 15 is 0 Å². The highest BCUT2D eigenvalue weighted by Gasteiger charge is 2.44. The molecule has 0 aromatic heterocycles. The molecule has 4 N–H and O–H groups in total. The second-order valence-corrected chi connectivity index (χ2v) is 15.8. The topological polar surface area (TPSA) is 152 Å². The van der Waals surface area contributed by atoms with E-state index in [9.17, 15) is 30.0 Å².